The third kappa shape index (κ3) is 5.47. The molecular formula is C21H31N3O4. The third-order valence-electron chi connectivity index (χ3n) is 4.58. The van der Waals surface area contributed by atoms with Gasteiger partial charge in [0.15, 0.2) is 0 Å². The lowest BCUT2D eigenvalue weighted by Crippen LogP contribution is -2.51. The van der Waals surface area contributed by atoms with Crippen molar-refractivity contribution in [3.05, 3.63) is 29.8 Å². The van der Waals surface area contributed by atoms with Crippen LogP contribution in [0.3, 0.4) is 0 Å². The molecule has 1 saturated heterocycles. The molecule has 7 nitrogen and oxygen atoms in total. The first-order chi connectivity index (χ1) is 13.0. The van der Waals surface area contributed by atoms with Crippen molar-refractivity contribution >= 4 is 23.5 Å². The number of likely N-dealkylation sites (tertiary alicyclic amines) is 1. The second-order valence-electron chi connectivity index (χ2n) is 8.36. The largest absolute Gasteiger partial charge is 0.458 e. The maximum atomic E-state index is 12.8. The minimum atomic E-state index is -0.732. The van der Waals surface area contributed by atoms with E-state index >= 15 is 0 Å². The molecule has 0 spiro atoms. The van der Waals surface area contributed by atoms with Crippen molar-refractivity contribution in [3.63, 3.8) is 0 Å². The second-order valence-corrected chi connectivity index (χ2v) is 8.36. The molecule has 2 unspecified atom stereocenters. The van der Waals surface area contributed by atoms with Gasteiger partial charge in [0.2, 0.25) is 5.91 Å². The van der Waals surface area contributed by atoms with Gasteiger partial charge in [-0.1, -0.05) is 0 Å². The van der Waals surface area contributed by atoms with Crippen LogP contribution >= 0.6 is 0 Å². The van der Waals surface area contributed by atoms with Crippen molar-refractivity contribution in [2.75, 3.05) is 25.5 Å². The lowest BCUT2D eigenvalue weighted by Gasteiger charge is -2.29. The summed E-state index contributed by atoms with van der Waals surface area (Å²) in [6.07, 6.45) is 1.32. The number of carbonyl (C=O) groups is 3. The van der Waals surface area contributed by atoms with Crippen LogP contribution < -0.4 is 10.2 Å². The van der Waals surface area contributed by atoms with E-state index in [0.717, 1.165) is 12.1 Å². The summed E-state index contributed by atoms with van der Waals surface area (Å²) in [5.74, 6) is -0.984. The van der Waals surface area contributed by atoms with Gasteiger partial charge in [0, 0.05) is 31.9 Å². The van der Waals surface area contributed by atoms with E-state index in [1.807, 2.05) is 31.1 Å². The van der Waals surface area contributed by atoms with Crippen molar-refractivity contribution in [2.24, 2.45) is 0 Å². The van der Waals surface area contributed by atoms with Crippen molar-refractivity contribution in [1.82, 2.24) is 10.2 Å². The summed E-state index contributed by atoms with van der Waals surface area (Å²) in [7, 11) is 3.85. The molecule has 7 heteroatoms. The average Bonchev–Trinajstić information content (AvgIpc) is 3.09. The molecule has 154 valence electrons. The van der Waals surface area contributed by atoms with E-state index in [1.165, 1.54) is 4.90 Å². The van der Waals surface area contributed by atoms with Gasteiger partial charge in [0.1, 0.15) is 17.7 Å². The van der Waals surface area contributed by atoms with E-state index in [1.54, 1.807) is 39.8 Å². The zero-order valence-electron chi connectivity index (χ0n) is 17.6. The molecule has 0 radical (unpaired) electrons. The first kappa shape index (κ1) is 21.7. The lowest BCUT2D eigenvalue weighted by atomic mass is 10.1. The lowest BCUT2D eigenvalue weighted by molar-refractivity contribution is -0.163. The highest BCUT2D eigenvalue weighted by atomic mass is 16.6. The molecule has 1 N–H and O–H groups in total. The number of nitrogens with zero attached hydrogens (tertiary/aromatic N) is 2. The maximum absolute atomic E-state index is 12.8. The van der Waals surface area contributed by atoms with Gasteiger partial charge in [-0.25, -0.2) is 4.79 Å². The summed E-state index contributed by atoms with van der Waals surface area (Å²) in [5.41, 5.74) is 0.862. The summed E-state index contributed by atoms with van der Waals surface area (Å²) in [4.78, 5) is 41.2. The monoisotopic (exact) mass is 389 g/mol. The van der Waals surface area contributed by atoms with Gasteiger partial charge in [0.05, 0.1) is 0 Å². The number of amides is 2. The van der Waals surface area contributed by atoms with Crippen molar-refractivity contribution in [1.29, 1.82) is 0 Å². The molecule has 0 aromatic heterocycles. The zero-order valence-corrected chi connectivity index (χ0v) is 17.6. The zero-order chi connectivity index (χ0) is 21.1. The van der Waals surface area contributed by atoms with Crippen molar-refractivity contribution in [2.45, 2.75) is 58.2 Å². The summed E-state index contributed by atoms with van der Waals surface area (Å²) < 4.78 is 5.44. The molecule has 2 amide bonds. The van der Waals surface area contributed by atoms with Crippen LogP contribution in [0.25, 0.3) is 0 Å². The summed E-state index contributed by atoms with van der Waals surface area (Å²) in [6, 6.07) is 5.82. The van der Waals surface area contributed by atoms with Gasteiger partial charge in [-0.2, -0.15) is 0 Å². The molecule has 0 bridgehead atoms. The van der Waals surface area contributed by atoms with Crippen LogP contribution in [-0.2, 0) is 14.3 Å². The smallest absolute Gasteiger partial charge is 0.329 e. The van der Waals surface area contributed by atoms with Gasteiger partial charge in [-0.05, 0) is 64.8 Å². The van der Waals surface area contributed by atoms with E-state index in [-0.39, 0.29) is 11.8 Å². The van der Waals surface area contributed by atoms with E-state index in [4.69, 9.17) is 4.74 Å². The number of hydrogen-bond donors (Lipinski definition) is 1. The van der Waals surface area contributed by atoms with Crippen LogP contribution in [0.5, 0.6) is 0 Å². The Morgan fingerprint density at radius 2 is 1.79 bits per heavy atom. The number of rotatable bonds is 5. The number of hydrogen-bond acceptors (Lipinski definition) is 5. The molecule has 28 heavy (non-hydrogen) atoms. The minimum absolute atomic E-state index is 0.272. The Labute approximate surface area is 167 Å². The van der Waals surface area contributed by atoms with Gasteiger partial charge >= 0.3 is 5.97 Å². The number of ether oxygens (including phenoxy) is 1. The fraction of sp³-hybridized carbons (Fsp3) is 0.571. The number of benzene rings is 1. The molecule has 1 aromatic carbocycles. The highest BCUT2D eigenvalue weighted by Crippen LogP contribution is 2.22. The fourth-order valence-electron chi connectivity index (χ4n) is 3.15. The minimum Gasteiger partial charge on any atom is -0.458 e. The number of anilines is 1. The van der Waals surface area contributed by atoms with E-state index in [9.17, 15) is 14.4 Å². The van der Waals surface area contributed by atoms with Crippen LogP contribution in [0.4, 0.5) is 5.69 Å². The fourth-order valence-corrected chi connectivity index (χ4v) is 3.15. The van der Waals surface area contributed by atoms with Crippen LogP contribution in [-0.4, -0.2) is 61.0 Å². The third-order valence-corrected chi connectivity index (χ3v) is 4.58. The van der Waals surface area contributed by atoms with E-state index in [2.05, 4.69) is 5.32 Å². The molecule has 2 atom stereocenters. The van der Waals surface area contributed by atoms with Gasteiger partial charge in [-0.3, -0.25) is 9.59 Å². The molecule has 0 saturated carbocycles. The highest BCUT2D eigenvalue weighted by Gasteiger charge is 2.38. The summed E-state index contributed by atoms with van der Waals surface area (Å²) in [6.45, 7) is 7.53. The predicted molar refractivity (Wildman–Crippen MR) is 108 cm³/mol. The molecule has 1 aliphatic heterocycles. The SMILES string of the molecule is CC(NC(=O)c1ccc(N(C)C)cc1)C(=O)N1CCCC1C(=O)OC(C)(C)C. The van der Waals surface area contributed by atoms with Gasteiger partial charge < -0.3 is 19.9 Å². The normalized spacial score (nSPS) is 17.8. The van der Waals surface area contributed by atoms with E-state index < -0.39 is 23.7 Å². The van der Waals surface area contributed by atoms with Gasteiger partial charge in [-0.15, -0.1) is 0 Å². The Morgan fingerprint density at radius 3 is 2.32 bits per heavy atom. The molecule has 1 aromatic rings. The molecular weight excluding hydrogens is 358 g/mol. The van der Waals surface area contributed by atoms with E-state index in [0.29, 0.717) is 18.5 Å². The molecule has 1 fully saturated rings. The standard InChI is InChI=1S/C21H31N3O4/c1-14(22-18(25)15-9-11-16(12-10-15)23(5)6)19(26)24-13-7-8-17(24)20(27)28-21(2,3)4/h9-12,14,17H,7-8,13H2,1-6H3,(H,22,25). The van der Waals surface area contributed by atoms with Gasteiger partial charge in [0.25, 0.3) is 5.91 Å². The van der Waals surface area contributed by atoms with Crippen molar-refractivity contribution < 1.29 is 19.1 Å². The Bertz CT molecular complexity index is 722. The number of esters is 1. The Kier molecular flexibility index (Phi) is 6.69. The molecule has 1 heterocycles. The molecule has 1 aliphatic rings. The van der Waals surface area contributed by atoms with Crippen LogP contribution in [0, 0.1) is 0 Å². The topological polar surface area (TPSA) is 79.0 Å². The number of nitrogens with one attached hydrogen (secondary N) is 1. The van der Waals surface area contributed by atoms with Crippen LogP contribution in [0.2, 0.25) is 0 Å². The summed E-state index contributed by atoms with van der Waals surface area (Å²) >= 11 is 0. The summed E-state index contributed by atoms with van der Waals surface area (Å²) in [5, 5.41) is 2.73. The second kappa shape index (κ2) is 8.63. The van der Waals surface area contributed by atoms with Crippen LogP contribution in [0.1, 0.15) is 50.9 Å². The predicted octanol–water partition coefficient (Wildman–Crippen LogP) is 2.20. The first-order valence-corrected chi connectivity index (χ1v) is 9.61. The van der Waals surface area contributed by atoms with Crippen molar-refractivity contribution in [3.8, 4) is 0 Å². The molecule has 2 rings (SSSR count). The quantitative estimate of drug-likeness (QED) is 0.781. The highest BCUT2D eigenvalue weighted by molar-refractivity contribution is 5.98. The average molecular weight is 389 g/mol. The maximum Gasteiger partial charge on any atom is 0.329 e. The Hall–Kier alpha value is -2.57. The number of carbonyl (C=O) groups excluding carboxylic acids is 3. The molecule has 0 aliphatic carbocycles. The Morgan fingerprint density at radius 1 is 1.18 bits per heavy atom. The Balaban J connectivity index is 2.00. The first-order valence-electron chi connectivity index (χ1n) is 9.61. The van der Waals surface area contributed by atoms with Crippen LogP contribution in [0.15, 0.2) is 24.3 Å².